The van der Waals surface area contributed by atoms with Crippen LogP contribution in [0.2, 0.25) is 0 Å². The minimum Gasteiger partial charge on any atom is -0.487 e. The molecule has 1 atom stereocenters. The Bertz CT molecular complexity index is 932. The average Bonchev–Trinajstić information content (AvgIpc) is 2.62. The molecular weight excluding hydrogens is 358 g/mol. The van der Waals surface area contributed by atoms with Crippen LogP contribution in [0.15, 0.2) is 24.3 Å². The topological polar surface area (TPSA) is 87.9 Å². The van der Waals surface area contributed by atoms with E-state index < -0.39 is 18.0 Å². The minimum atomic E-state index is -0.782. The van der Waals surface area contributed by atoms with Crippen molar-refractivity contribution < 1.29 is 23.8 Å². The second-order valence-electron chi connectivity index (χ2n) is 8.16. The zero-order valence-corrected chi connectivity index (χ0v) is 17.0. The van der Waals surface area contributed by atoms with Gasteiger partial charge in [0, 0.05) is 23.3 Å². The predicted molar refractivity (Wildman–Crippen MR) is 107 cm³/mol. The van der Waals surface area contributed by atoms with Crippen LogP contribution in [0.3, 0.4) is 0 Å². The Labute approximate surface area is 164 Å². The third kappa shape index (κ3) is 3.83. The molecule has 0 radical (unpaired) electrons. The Kier molecular flexibility index (Phi) is 5.35. The van der Waals surface area contributed by atoms with E-state index in [1.165, 1.54) is 6.92 Å². The summed E-state index contributed by atoms with van der Waals surface area (Å²) in [6, 6.07) is 6.67. The molecule has 150 valence electrons. The third-order valence-corrected chi connectivity index (χ3v) is 4.96. The van der Waals surface area contributed by atoms with E-state index in [-0.39, 0.29) is 23.0 Å². The van der Waals surface area contributed by atoms with Crippen LogP contribution < -0.4 is 19.9 Å². The first-order valence-electron chi connectivity index (χ1n) is 9.53. The van der Waals surface area contributed by atoms with Crippen molar-refractivity contribution in [2.45, 2.75) is 59.1 Å². The summed E-state index contributed by atoms with van der Waals surface area (Å²) < 4.78 is 17.5. The van der Waals surface area contributed by atoms with Crippen molar-refractivity contribution in [3.05, 3.63) is 29.8 Å². The van der Waals surface area contributed by atoms with E-state index in [0.717, 1.165) is 17.4 Å². The molecule has 0 fully saturated rings. The van der Waals surface area contributed by atoms with E-state index in [9.17, 15) is 9.59 Å². The fourth-order valence-electron chi connectivity index (χ4n) is 3.29. The van der Waals surface area contributed by atoms with Gasteiger partial charge in [0.15, 0.2) is 11.5 Å². The Morgan fingerprint density at radius 2 is 1.75 bits per heavy atom. The van der Waals surface area contributed by atoms with Crippen molar-refractivity contribution in [2.24, 2.45) is 11.7 Å². The van der Waals surface area contributed by atoms with Gasteiger partial charge in [0.1, 0.15) is 17.4 Å². The molecule has 0 aliphatic carbocycles. The van der Waals surface area contributed by atoms with Gasteiger partial charge in [-0.15, -0.1) is 0 Å². The predicted octanol–water partition coefficient (Wildman–Crippen LogP) is 3.76. The highest BCUT2D eigenvalue weighted by Gasteiger charge is 2.34. The quantitative estimate of drug-likeness (QED) is 0.637. The smallest absolute Gasteiger partial charge is 0.328 e. The molecule has 28 heavy (non-hydrogen) atoms. The van der Waals surface area contributed by atoms with Crippen molar-refractivity contribution in [1.82, 2.24) is 0 Å². The van der Waals surface area contributed by atoms with Crippen LogP contribution in [0.25, 0.3) is 10.8 Å². The van der Waals surface area contributed by atoms with Crippen LogP contribution in [0.4, 0.5) is 0 Å². The van der Waals surface area contributed by atoms with E-state index in [1.807, 2.05) is 52.0 Å². The summed E-state index contributed by atoms with van der Waals surface area (Å²) >= 11 is 0. The van der Waals surface area contributed by atoms with Crippen LogP contribution in [0.1, 0.15) is 46.6 Å². The molecular formula is C22H27NO5. The second kappa shape index (κ2) is 7.43. The molecule has 0 bridgehead atoms. The molecule has 2 N–H and O–H groups in total. The fourth-order valence-corrected chi connectivity index (χ4v) is 3.29. The molecule has 0 unspecified atom stereocenters. The molecule has 0 saturated carbocycles. The SMILES string of the molecule is CC(=O)Oc1c2c(c3ccccc3c1OC(=O)[C@@H](N)C(C)C)OC(C)(C)CC2. The summed E-state index contributed by atoms with van der Waals surface area (Å²) in [5.74, 6) is -0.0259. The maximum atomic E-state index is 12.6. The number of fused-ring (bicyclic) bond motifs is 3. The van der Waals surface area contributed by atoms with Gasteiger partial charge in [-0.25, -0.2) is 4.79 Å². The highest BCUT2D eigenvalue weighted by atomic mass is 16.6. The van der Waals surface area contributed by atoms with Gasteiger partial charge in [-0.05, 0) is 32.6 Å². The second-order valence-corrected chi connectivity index (χ2v) is 8.16. The Morgan fingerprint density at radius 3 is 2.36 bits per heavy atom. The lowest BCUT2D eigenvalue weighted by atomic mass is 9.91. The molecule has 6 heteroatoms. The first-order chi connectivity index (χ1) is 13.1. The minimum absolute atomic E-state index is 0.0855. The molecule has 1 aliphatic rings. The van der Waals surface area contributed by atoms with Crippen LogP contribution in [-0.4, -0.2) is 23.6 Å². The van der Waals surface area contributed by atoms with Crippen LogP contribution in [0, 0.1) is 5.92 Å². The lowest BCUT2D eigenvalue weighted by Crippen LogP contribution is -2.39. The van der Waals surface area contributed by atoms with Gasteiger partial charge in [-0.2, -0.15) is 0 Å². The lowest BCUT2D eigenvalue weighted by Gasteiger charge is -2.34. The van der Waals surface area contributed by atoms with Gasteiger partial charge in [0.05, 0.1) is 0 Å². The van der Waals surface area contributed by atoms with Gasteiger partial charge < -0.3 is 19.9 Å². The highest BCUT2D eigenvalue weighted by Crippen LogP contribution is 2.50. The van der Waals surface area contributed by atoms with E-state index in [1.54, 1.807) is 0 Å². The summed E-state index contributed by atoms with van der Waals surface area (Å²) in [7, 11) is 0. The number of ether oxygens (including phenoxy) is 3. The van der Waals surface area contributed by atoms with Crippen molar-refractivity contribution in [1.29, 1.82) is 0 Å². The summed E-state index contributed by atoms with van der Waals surface area (Å²) in [6.07, 6.45) is 1.38. The summed E-state index contributed by atoms with van der Waals surface area (Å²) in [4.78, 5) is 24.4. The van der Waals surface area contributed by atoms with E-state index in [2.05, 4.69) is 0 Å². The number of benzene rings is 2. The number of hydrogen-bond donors (Lipinski definition) is 1. The van der Waals surface area contributed by atoms with Crippen LogP contribution in [-0.2, 0) is 16.0 Å². The zero-order chi connectivity index (χ0) is 20.6. The van der Waals surface area contributed by atoms with Crippen molar-refractivity contribution >= 4 is 22.7 Å². The standard InChI is InChI=1S/C22H27NO5/c1-12(2)17(23)21(25)27-19-15-9-7-6-8-14(15)18-16(20(19)26-13(3)24)10-11-22(4,5)28-18/h6-9,12,17H,10-11,23H2,1-5H3/t17-/m0/s1. The number of hydrogen-bond acceptors (Lipinski definition) is 6. The molecule has 2 aromatic rings. The van der Waals surface area contributed by atoms with E-state index in [0.29, 0.717) is 17.6 Å². The zero-order valence-electron chi connectivity index (χ0n) is 17.0. The Balaban J connectivity index is 2.24. The first-order valence-corrected chi connectivity index (χ1v) is 9.53. The van der Waals surface area contributed by atoms with Crippen molar-refractivity contribution in [3.8, 4) is 17.2 Å². The molecule has 6 nitrogen and oxygen atoms in total. The molecule has 0 amide bonds. The van der Waals surface area contributed by atoms with Crippen LogP contribution in [0.5, 0.6) is 17.2 Å². The normalized spacial score (nSPS) is 16.2. The number of carbonyl (C=O) groups excluding carboxylic acids is 2. The molecule has 3 rings (SSSR count). The van der Waals surface area contributed by atoms with E-state index >= 15 is 0 Å². The van der Waals surface area contributed by atoms with Gasteiger partial charge >= 0.3 is 11.9 Å². The number of rotatable bonds is 4. The molecule has 0 spiro atoms. The Hall–Kier alpha value is -2.60. The maximum Gasteiger partial charge on any atom is 0.328 e. The van der Waals surface area contributed by atoms with Gasteiger partial charge in [-0.1, -0.05) is 38.1 Å². The van der Waals surface area contributed by atoms with Crippen LogP contribution >= 0.6 is 0 Å². The molecule has 0 aromatic heterocycles. The fraction of sp³-hybridized carbons (Fsp3) is 0.455. The summed E-state index contributed by atoms with van der Waals surface area (Å²) in [5, 5.41) is 1.45. The lowest BCUT2D eigenvalue weighted by molar-refractivity contribution is -0.138. The first kappa shape index (κ1) is 20.1. The van der Waals surface area contributed by atoms with Gasteiger partial charge in [0.2, 0.25) is 0 Å². The highest BCUT2D eigenvalue weighted by molar-refractivity contribution is 6.00. The number of carbonyl (C=O) groups is 2. The number of esters is 2. The summed E-state index contributed by atoms with van der Waals surface area (Å²) in [5.41, 5.74) is 6.35. The molecule has 1 heterocycles. The maximum absolute atomic E-state index is 12.6. The third-order valence-electron chi connectivity index (χ3n) is 4.96. The average molecular weight is 385 g/mol. The number of nitrogens with two attached hydrogens (primary N) is 1. The van der Waals surface area contributed by atoms with Crippen molar-refractivity contribution in [3.63, 3.8) is 0 Å². The van der Waals surface area contributed by atoms with E-state index in [4.69, 9.17) is 19.9 Å². The Morgan fingerprint density at radius 1 is 1.11 bits per heavy atom. The molecule has 0 saturated heterocycles. The van der Waals surface area contributed by atoms with Gasteiger partial charge in [-0.3, -0.25) is 4.79 Å². The monoisotopic (exact) mass is 385 g/mol. The summed E-state index contributed by atoms with van der Waals surface area (Å²) in [6.45, 7) is 9.05. The molecule has 2 aromatic carbocycles. The largest absolute Gasteiger partial charge is 0.487 e. The van der Waals surface area contributed by atoms with Gasteiger partial charge in [0.25, 0.3) is 0 Å². The van der Waals surface area contributed by atoms with Crippen molar-refractivity contribution in [2.75, 3.05) is 0 Å². The molecule has 1 aliphatic heterocycles.